The number of aryl methyl sites for hydroxylation is 1. The Morgan fingerprint density at radius 3 is 2.27 bits per heavy atom. The highest BCUT2D eigenvalue weighted by Gasteiger charge is 2.17. The highest BCUT2D eigenvalue weighted by atomic mass is 32.2. The molecular formula is C19H18N2O4S. The van der Waals surface area contributed by atoms with Crippen LogP contribution >= 0.6 is 0 Å². The zero-order chi connectivity index (χ0) is 18.7. The lowest BCUT2D eigenvalue weighted by atomic mass is 10.1. The largest absolute Gasteiger partial charge is 0.461 e. The minimum absolute atomic E-state index is 0.0945. The summed E-state index contributed by atoms with van der Waals surface area (Å²) in [5.41, 5.74) is 1.61. The molecule has 134 valence electrons. The van der Waals surface area contributed by atoms with Crippen LogP contribution in [0.15, 0.2) is 70.0 Å². The zero-order valence-electron chi connectivity index (χ0n) is 14.3. The first kappa shape index (κ1) is 17.8. The second kappa shape index (κ2) is 7.05. The lowest BCUT2D eigenvalue weighted by molar-refractivity contribution is -0.114. The van der Waals surface area contributed by atoms with E-state index in [2.05, 4.69) is 10.0 Å². The number of carbonyl (C=O) groups excluding carboxylic acids is 1. The number of nitrogens with one attached hydrogen (secondary N) is 2. The molecule has 2 aromatic carbocycles. The third kappa shape index (κ3) is 3.94. The summed E-state index contributed by atoms with van der Waals surface area (Å²) in [7, 11) is -3.79. The molecule has 0 unspecified atom stereocenters. The summed E-state index contributed by atoms with van der Waals surface area (Å²) < 4.78 is 33.6. The number of rotatable bonds is 5. The maximum absolute atomic E-state index is 12.7. The summed E-state index contributed by atoms with van der Waals surface area (Å²) in [6, 6.07) is 16.6. The van der Waals surface area contributed by atoms with Gasteiger partial charge in [-0.1, -0.05) is 12.1 Å². The molecule has 1 amide bonds. The van der Waals surface area contributed by atoms with Crippen molar-refractivity contribution in [1.82, 2.24) is 0 Å². The van der Waals surface area contributed by atoms with E-state index in [1.54, 1.807) is 24.3 Å². The standard InChI is InChI=1S/C19H18N2O4S/c1-13-7-12-19(25-13)17-5-3-4-6-18(17)21-26(23,24)16-10-8-15(9-11-16)20-14(2)22/h3-12,21H,1-2H3,(H,20,22). The van der Waals surface area contributed by atoms with Gasteiger partial charge in [0.1, 0.15) is 11.5 Å². The maximum Gasteiger partial charge on any atom is 0.261 e. The molecule has 0 aliphatic rings. The van der Waals surface area contributed by atoms with E-state index in [0.29, 0.717) is 22.7 Å². The van der Waals surface area contributed by atoms with Crippen molar-refractivity contribution in [2.75, 3.05) is 10.0 Å². The fourth-order valence-electron chi connectivity index (χ4n) is 2.49. The Balaban J connectivity index is 1.90. The number of para-hydroxylation sites is 1. The highest BCUT2D eigenvalue weighted by Crippen LogP contribution is 2.31. The lowest BCUT2D eigenvalue weighted by Gasteiger charge is -2.12. The van der Waals surface area contributed by atoms with Gasteiger partial charge in [-0.2, -0.15) is 0 Å². The van der Waals surface area contributed by atoms with E-state index < -0.39 is 10.0 Å². The minimum Gasteiger partial charge on any atom is -0.461 e. The van der Waals surface area contributed by atoms with Crippen molar-refractivity contribution in [3.8, 4) is 11.3 Å². The van der Waals surface area contributed by atoms with Gasteiger partial charge in [-0.15, -0.1) is 0 Å². The normalized spacial score (nSPS) is 11.2. The van der Waals surface area contributed by atoms with Crippen molar-refractivity contribution in [2.45, 2.75) is 18.7 Å². The number of hydrogen-bond acceptors (Lipinski definition) is 4. The summed E-state index contributed by atoms with van der Waals surface area (Å²) in [5, 5.41) is 2.60. The molecule has 0 saturated heterocycles. The van der Waals surface area contributed by atoms with Crippen LogP contribution in [0.1, 0.15) is 12.7 Å². The van der Waals surface area contributed by atoms with Gasteiger partial charge in [0, 0.05) is 18.2 Å². The first-order valence-electron chi connectivity index (χ1n) is 7.91. The molecule has 3 aromatic rings. The van der Waals surface area contributed by atoms with Crippen molar-refractivity contribution in [3.63, 3.8) is 0 Å². The molecule has 7 heteroatoms. The third-order valence-electron chi connectivity index (χ3n) is 3.66. The van der Waals surface area contributed by atoms with E-state index in [0.717, 1.165) is 5.76 Å². The number of hydrogen-bond donors (Lipinski definition) is 2. The van der Waals surface area contributed by atoms with Crippen molar-refractivity contribution in [1.29, 1.82) is 0 Å². The average molecular weight is 370 g/mol. The molecule has 0 bridgehead atoms. The number of furan rings is 1. The third-order valence-corrected chi connectivity index (χ3v) is 5.04. The van der Waals surface area contributed by atoms with Crippen LogP contribution in [-0.4, -0.2) is 14.3 Å². The molecule has 2 N–H and O–H groups in total. The molecule has 0 spiro atoms. The minimum atomic E-state index is -3.79. The average Bonchev–Trinajstić information content (AvgIpc) is 3.01. The molecule has 0 radical (unpaired) electrons. The molecular weight excluding hydrogens is 352 g/mol. The smallest absolute Gasteiger partial charge is 0.261 e. The van der Waals surface area contributed by atoms with Crippen molar-refractivity contribution in [3.05, 3.63) is 66.4 Å². The maximum atomic E-state index is 12.7. The highest BCUT2D eigenvalue weighted by molar-refractivity contribution is 7.92. The summed E-state index contributed by atoms with van der Waals surface area (Å²) >= 11 is 0. The first-order valence-corrected chi connectivity index (χ1v) is 9.40. The molecule has 0 saturated carbocycles. The lowest BCUT2D eigenvalue weighted by Crippen LogP contribution is -2.14. The Kier molecular flexibility index (Phi) is 4.81. The van der Waals surface area contributed by atoms with E-state index in [-0.39, 0.29) is 10.8 Å². The predicted molar refractivity (Wildman–Crippen MR) is 100 cm³/mol. The second-order valence-corrected chi connectivity index (χ2v) is 7.45. The Bertz CT molecular complexity index is 1040. The van der Waals surface area contributed by atoms with E-state index in [1.807, 2.05) is 19.1 Å². The molecule has 1 aromatic heterocycles. The van der Waals surface area contributed by atoms with Gasteiger partial charge < -0.3 is 9.73 Å². The van der Waals surface area contributed by atoms with Crippen LogP contribution < -0.4 is 10.0 Å². The number of amides is 1. The molecule has 6 nitrogen and oxygen atoms in total. The van der Waals surface area contributed by atoms with E-state index in [4.69, 9.17) is 4.42 Å². The van der Waals surface area contributed by atoms with Gasteiger partial charge in [0.15, 0.2) is 0 Å². The molecule has 26 heavy (non-hydrogen) atoms. The van der Waals surface area contributed by atoms with Crippen LogP contribution in [0, 0.1) is 6.92 Å². The van der Waals surface area contributed by atoms with E-state index >= 15 is 0 Å². The van der Waals surface area contributed by atoms with Crippen LogP contribution in [0.4, 0.5) is 11.4 Å². The Morgan fingerprint density at radius 1 is 0.962 bits per heavy atom. The Hall–Kier alpha value is -3.06. The van der Waals surface area contributed by atoms with Crippen LogP contribution in [0.3, 0.4) is 0 Å². The van der Waals surface area contributed by atoms with Crippen molar-refractivity contribution < 1.29 is 17.6 Å². The van der Waals surface area contributed by atoms with Crippen LogP contribution in [0.2, 0.25) is 0 Å². The number of anilines is 2. The quantitative estimate of drug-likeness (QED) is 0.710. The van der Waals surface area contributed by atoms with Gasteiger partial charge in [0.2, 0.25) is 5.91 Å². The van der Waals surface area contributed by atoms with Gasteiger partial charge in [-0.3, -0.25) is 9.52 Å². The number of sulfonamides is 1. The van der Waals surface area contributed by atoms with Gasteiger partial charge >= 0.3 is 0 Å². The van der Waals surface area contributed by atoms with Gasteiger partial charge in [0.05, 0.1) is 10.6 Å². The topological polar surface area (TPSA) is 88.4 Å². The van der Waals surface area contributed by atoms with Crippen molar-refractivity contribution >= 4 is 27.3 Å². The van der Waals surface area contributed by atoms with Gasteiger partial charge in [0.25, 0.3) is 10.0 Å². The van der Waals surface area contributed by atoms with Gasteiger partial charge in [-0.05, 0) is 55.5 Å². The molecule has 1 heterocycles. The predicted octanol–water partition coefficient (Wildman–Crippen LogP) is 4.01. The Labute approximate surface area is 151 Å². The molecule has 0 fully saturated rings. The molecule has 0 aliphatic heterocycles. The monoisotopic (exact) mass is 370 g/mol. The van der Waals surface area contributed by atoms with Crippen molar-refractivity contribution in [2.24, 2.45) is 0 Å². The van der Waals surface area contributed by atoms with Crippen LogP contribution in [0.5, 0.6) is 0 Å². The molecule has 0 atom stereocenters. The molecule has 0 aliphatic carbocycles. The number of benzene rings is 2. The second-order valence-electron chi connectivity index (χ2n) is 5.77. The summed E-state index contributed by atoms with van der Waals surface area (Å²) in [4.78, 5) is 11.2. The van der Waals surface area contributed by atoms with E-state index in [9.17, 15) is 13.2 Å². The number of carbonyl (C=O) groups is 1. The fourth-order valence-corrected chi connectivity index (χ4v) is 3.57. The Morgan fingerprint density at radius 2 is 1.65 bits per heavy atom. The summed E-state index contributed by atoms with van der Waals surface area (Å²) in [5.74, 6) is 1.11. The summed E-state index contributed by atoms with van der Waals surface area (Å²) in [6.45, 7) is 3.21. The van der Waals surface area contributed by atoms with Crippen LogP contribution in [-0.2, 0) is 14.8 Å². The van der Waals surface area contributed by atoms with Gasteiger partial charge in [-0.25, -0.2) is 8.42 Å². The fraction of sp³-hybridized carbons (Fsp3) is 0.105. The summed E-state index contributed by atoms with van der Waals surface area (Å²) in [6.07, 6.45) is 0. The molecule has 3 rings (SSSR count). The zero-order valence-corrected chi connectivity index (χ0v) is 15.1. The van der Waals surface area contributed by atoms with E-state index in [1.165, 1.54) is 31.2 Å². The van der Waals surface area contributed by atoms with Crippen LogP contribution in [0.25, 0.3) is 11.3 Å². The SMILES string of the molecule is CC(=O)Nc1ccc(S(=O)(=O)Nc2ccccc2-c2ccc(C)o2)cc1. The first-order chi connectivity index (χ1) is 12.3.